The van der Waals surface area contributed by atoms with Gasteiger partial charge >= 0.3 is 5.97 Å². The molecule has 0 aliphatic rings. The third-order valence-electron chi connectivity index (χ3n) is 8.24. The van der Waals surface area contributed by atoms with Crippen LogP contribution in [0.15, 0.2) is 137 Å². The van der Waals surface area contributed by atoms with Crippen LogP contribution in [0, 0.1) is 0 Å². The van der Waals surface area contributed by atoms with Gasteiger partial charge in [-0.05, 0) is 114 Å². The Kier molecular flexibility index (Phi) is 14.5. The zero-order valence-electron chi connectivity index (χ0n) is 29.7. The molecular weight excluding hydrogens is 635 g/mol. The molecular formula is C44H47N3O4. The Bertz CT molecular complexity index is 1830. The average Bonchev–Trinajstić information content (AvgIpc) is 3.17. The van der Waals surface area contributed by atoms with Crippen LogP contribution in [0.1, 0.15) is 81.1 Å². The molecule has 51 heavy (non-hydrogen) atoms. The van der Waals surface area contributed by atoms with E-state index in [4.69, 9.17) is 14.2 Å². The first-order chi connectivity index (χ1) is 25.1. The number of rotatable bonds is 19. The van der Waals surface area contributed by atoms with Crippen LogP contribution in [-0.4, -0.2) is 25.4 Å². The fourth-order valence-corrected chi connectivity index (χ4v) is 5.28. The standard InChI is InChI=1S/C44H47N3O4/c1-3-5-7-9-30-49-41-26-18-36(19-27-41)35-14-16-37(17-15-35)44(48)51-43-13-11-12-34(32-43)33-45-38-20-22-39(23-21-38)46-47-40-24-28-42(29-25-40)50-31-10-8-6-4-2/h11-29,32-33H,3-10,30-31H2,1-2H3. The normalized spacial score (nSPS) is 11.3. The van der Waals surface area contributed by atoms with E-state index >= 15 is 0 Å². The summed E-state index contributed by atoms with van der Waals surface area (Å²) >= 11 is 0. The molecule has 0 fully saturated rings. The number of benzene rings is 5. The van der Waals surface area contributed by atoms with E-state index in [1.54, 1.807) is 30.5 Å². The molecule has 0 unspecified atom stereocenters. The van der Waals surface area contributed by atoms with E-state index in [0.29, 0.717) is 11.3 Å². The number of hydrogen-bond acceptors (Lipinski definition) is 7. The Balaban J connectivity index is 1.09. The van der Waals surface area contributed by atoms with Gasteiger partial charge in [-0.15, -0.1) is 0 Å². The summed E-state index contributed by atoms with van der Waals surface area (Å²) < 4.78 is 17.3. The highest BCUT2D eigenvalue weighted by atomic mass is 16.5. The summed E-state index contributed by atoms with van der Waals surface area (Å²) in [5.41, 5.74) is 5.60. The molecule has 0 saturated carbocycles. The Hall–Kier alpha value is -5.56. The van der Waals surface area contributed by atoms with E-state index in [2.05, 4.69) is 29.1 Å². The van der Waals surface area contributed by atoms with Gasteiger partial charge in [0, 0.05) is 6.21 Å². The van der Waals surface area contributed by atoms with Crippen LogP contribution in [0.3, 0.4) is 0 Å². The van der Waals surface area contributed by atoms with Gasteiger partial charge in [0.25, 0.3) is 0 Å². The summed E-state index contributed by atoms with van der Waals surface area (Å²) in [5, 5.41) is 8.68. The lowest BCUT2D eigenvalue weighted by molar-refractivity contribution is 0.0734. The largest absolute Gasteiger partial charge is 0.494 e. The number of aliphatic imine (C=N–C) groups is 1. The summed E-state index contributed by atoms with van der Waals surface area (Å²) in [7, 11) is 0. The first-order valence-electron chi connectivity index (χ1n) is 18.0. The van der Waals surface area contributed by atoms with Crippen molar-refractivity contribution in [3.63, 3.8) is 0 Å². The van der Waals surface area contributed by atoms with Gasteiger partial charge in [0.1, 0.15) is 17.2 Å². The van der Waals surface area contributed by atoms with Crippen molar-refractivity contribution >= 4 is 29.2 Å². The Labute approximate surface area is 302 Å². The highest BCUT2D eigenvalue weighted by Gasteiger charge is 2.10. The van der Waals surface area contributed by atoms with E-state index in [-0.39, 0.29) is 0 Å². The number of unbranched alkanes of at least 4 members (excludes halogenated alkanes) is 6. The van der Waals surface area contributed by atoms with Crippen molar-refractivity contribution < 1.29 is 19.0 Å². The maximum atomic E-state index is 12.9. The van der Waals surface area contributed by atoms with Crippen LogP contribution in [0.2, 0.25) is 0 Å². The summed E-state index contributed by atoms with van der Waals surface area (Å²) in [6.45, 7) is 5.88. The average molecular weight is 682 g/mol. The Morgan fingerprint density at radius 3 is 1.63 bits per heavy atom. The number of hydrogen-bond donors (Lipinski definition) is 0. The molecule has 0 saturated heterocycles. The molecule has 0 atom stereocenters. The van der Waals surface area contributed by atoms with Crippen LogP contribution in [0.25, 0.3) is 11.1 Å². The van der Waals surface area contributed by atoms with Crippen molar-refractivity contribution in [2.45, 2.75) is 65.2 Å². The highest BCUT2D eigenvalue weighted by molar-refractivity contribution is 5.92. The molecule has 0 heterocycles. The zero-order chi connectivity index (χ0) is 35.5. The maximum Gasteiger partial charge on any atom is 0.343 e. The summed E-state index contributed by atoms with van der Waals surface area (Å²) in [5.74, 6) is 1.74. The minimum Gasteiger partial charge on any atom is -0.494 e. The SMILES string of the molecule is CCCCCCOc1ccc(N=Nc2ccc(N=Cc3cccc(OC(=O)c4ccc(-c5ccc(OCCCCCC)cc5)cc4)c3)cc2)cc1. The predicted molar refractivity (Wildman–Crippen MR) is 207 cm³/mol. The summed E-state index contributed by atoms with van der Waals surface area (Å²) in [6, 6.07) is 37.9. The molecule has 0 aliphatic heterocycles. The molecule has 0 radical (unpaired) electrons. The van der Waals surface area contributed by atoms with Gasteiger partial charge in [0.05, 0.1) is 35.8 Å². The molecule has 5 rings (SSSR count). The predicted octanol–water partition coefficient (Wildman–Crippen LogP) is 12.7. The second-order valence-electron chi connectivity index (χ2n) is 12.4. The van der Waals surface area contributed by atoms with Crippen LogP contribution in [0.4, 0.5) is 17.1 Å². The number of esters is 1. The van der Waals surface area contributed by atoms with Gasteiger partial charge in [0.2, 0.25) is 0 Å². The summed E-state index contributed by atoms with van der Waals surface area (Å²) in [4.78, 5) is 17.5. The first-order valence-corrected chi connectivity index (χ1v) is 18.0. The molecule has 0 N–H and O–H groups in total. The lowest BCUT2D eigenvalue weighted by Crippen LogP contribution is -2.08. The van der Waals surface area contributed by atoms with Crippen molar-refractivity contribution in [1.29, 1.82) is 0 Å². The van der Waals surface area contributed by atoms with Crippen LogP contribution in [-0.2, 0) is 0 Å². The third kappa shape index (κ3) is 12.4. The van der Waals surface area contributed by atoms with Crippen molar-refractivity contribution in [2.24, 2.45) is 15.2 Å². The molecule has 262 valence electrons. The Morgan fingerprint density at radius 2 is 1.06 bits per heavy atom. The molecule has 7 nitrogen and oxygen atoms in total. The molecule has 0 bridgehead atoms. The van der Waals surface area contributed by atoms with Gasteiger partial charge in [-0.1, -0.05) is 88.8 Å². The minimum atomic E-state index is -0.422. The van der Waals surface area contributed by atoms with E-state index in [1.165, 1.54) is 38.5 Å². The zero-order valence-corrected chi connectivity index (χ0v) is 29.7. The van der Waals surface area contributed by atoms with E-state index < -0.39 is 5.97 Å². The summed E-state index contributed by atoms with van der Waals surface area (Å²) in [6.07, 6.45) is 11.2. The quantitative estimate of drug-likeness (QED) is 0.0285. The lowest BCUT2D eigenvalue weighted by Gasteiger charge is -2.08. The fraction of sp³-hybridized carbons (Fsp3) is 0.273. The van der Waals surface area contributed by atoms with Crippen molar-refractivity contribution in [3.05, 3.63) is 132 Å². The number of ether oxygens (including phenoxy) is 3. The molecule has 0 spiro atoms. The topological polar surface area (TPSA) is 81.8 Å². The molecule has 0 amide bonds. The van der Waals surface area contributed by atoms with Gasteiger partial charge in [-0.3, -0.25) is 4.99 Å². The molecule has 5 aromatic rings. The molecule has 0 aromatic heterocycles. The van der Waals surface area contributed by atoms with E-state index in [1.807, 2.05) is 97.1 Å². The Morgan fingerprint density at radius 1 is 0.549 bits per heavy atom. The highest BCUT2D eigenvalue weighted by Crippen LogP contribution is 2.26. The van der Waals surface area contributed by atoms with Gasteiger partial charge in [0.15, 0.2) is 0 Å². The van der Waals surface area contributed by atoms with Crippen molar-refractivity contribution in [2.75, 3.05) is 13.2 Å². The van der Waals surface area contributed by atoms with Crippen molar-refractivity contribution in [1.82, 2.24) is 0 Å². The first kappa shape index (κ1) is 36.7. The van der Waals surface area contributed by atoms with E-state index in [0.717, 1.165) is 71.3 Å². The second-order valence-corrected chi connectivity index (χ2v) is 12.4. The van der Waals surface area contributed by atoms with Gasteiger partial charge in [-0.2, -0.15) is 10.2 Å². The fourth-order valence-electron chi connectivity index (χ4n) is 5.28. The molecule has 7 heteroatoms. The lowest BCUT2D eigenvalue weighted by atomic mass is 10.0. The van der Waals surface area contributed by atoms with Crippen LogP contribution >= 0.6 is 0 Å². The number of nitrogens with zero attached hydrogens (tertiary/aromatic N) is 3. The second kappa shape index (κ2) is 20.2. The number of azo groups is 1. The molecule has 5 aromatic carbocycles. The number of carbonyl (C=O) groups excluding carboxylic acids is 1. The maximum absolute atomic E-state index is 12.9. The molecule has 0 aliphatic carbocycles. The monoisotopic (exact) mass is 681 g/mol. The smallest absolute Gasteiger partial charge is 0.343 e. The van der Waals surface area contributed by atoms with Gasteiger partial charge in [-0.25, -0.2) is 4.79 Å². The number of carbonyl (C=O) groups is 1. The van der Waals surface area contributed by atoms with Gasteiger partial charge < -0.3 is 14.2 Å². The van der Waals surface area contributed by atoms with Crippen molar-refractivity contribution in [3.8, 4) is 28.4 Å². The third-order valence-corrected chi connectivity index (χ3v) is 8.24. The van der Waals surface area contributed by atoms with E-state index in [9.17, 15) is 4.79 Å². The van der Waals surface area contributed by atoms with Crippen LogP contribution < -0.4 is 14.2 Å². The van der Waals surface area contributed by atoms with Crippen LogP contribution in [0.5, 0.6) is 17.2 Å². The minimum absolute atomic E-state index is 0.422.